The molecular formula is C12H16ClN3O2. The predicted octanol–water partition coefficient (Wildman–Crippen LogP) is 1.35. The third kappa shape index (κ3) is 2.91. The van der Waals surface area contributed by atoms with Crippen LogP contribution in [-0.4, -0.2) is 28.1 Å². The molecule has 1 fully saturated rings. The first kappa shape index (κ1) is 13.1. The fourth-order valence-electron chi connectivity index (χ4n) is 2.13. The van der Waals surface area contributed by atoms with Gasteiger partial charge in [-0.2, -0.15) is 0 Å². The Bertz CT molecular complexity index is 453. The molecule has 1 aromatic heterocycles. The van der Waals surface area contributed by atoms with Gasteiger partial charge in [0.1, 0.15) is 11.5 Å². The van der Waals surface area contributed by atoms with Gasteiger partial charge in [0.05, 0.1) is 17.2 Å². The maximum atomic E-state index is 12.0. The van der Waals surface area contributed by atoms with Crippen LogP contribution in [0, 0.1) is 0 Å². The van der Waals surface area contributed by atoms with Crippen molar-refractivity contribution in [3.05, 3.63) is 22.8 Å². The molecule has 4 N–H and O–H groups in total. The molecule has 0 radical (unpaired) electrons. The summed E-state index contributed by atoms with van der Waals surface area (Å²) in [6.07, 6.45) is 2.98. The van der Waals surface area contributed by atoms with E-state index in [1.54, 1.807) is 0 Å². The molecule has 6 heteroatoms. The molecule has 5 nitrogen and oxygen atoms in total. The Morgan fingerprint density at radius 1 is 1.44 bits per heavy atom. The van der Waals surface area contributed by atoms with Crippen molar-refractivity contribution in [2.24, 2.45) is 0 Å². The number of amides is 1. The van der Waals surface area contributed by atoms with Gasteiger partial charge in [0.25, 0.3) is 5.91 Å². The summed E-state index contributed by atoms with van der Waals surface area (Å²) in [7, 11) is 0. The van der Waals surface area contributed by atoms with Gasteiger partial charge in [0.2, 0.25) is 0 Å². The number of hydrogen-bond acceptors (Lipinski definition) is 4. The number of nitrogens with two attached hydrogens (primary N) is 1. The van der Waals surface area contributed by atoms with Gasteiger partial charge in [-0.25, -0.2) is 4.98 Å². The summed E-state index contributed by atoms with van der Waals surface area (Å²) in [6, 6.07) is 2.84. The SMILES string of the molecule is Nc1ccc(Cl)c(C(=O)NC2CCCCC2O)n1. The lowest BCUT2D eigenvalue weighted by Crippen LogP contribution is -2.45. The monoisotopic (exact) mass is 269 g/mol. The number of nitrogens with one attached hydrogen (secondary N) is 1. The highest BCUT2D eigenvalue weighted by Gasteiger charge is 2.26. The number of anilines is 1. The quantitative estimate of drug-likeness (QED) is 0.756. The fourth-order valence-corrected chi connectivity index (χ4v) is 2.32. The van der Waals surface area contributed by atoms with Crippen molar-refractivity contribution in [1.82, 2.24) is 10.3 Å². The summed E-state index contributed by atoms with van der Waals surface area (Å²) < 4.78 is 0. The number of pyridine rings is 1. The minimum Gasteiger partial charge on any atom is -0.391 e. The number of carbonyl (C=O) groups is 1. The molecule has 2 atom stereocenters. The van der Waals surface area contributed by atoms with Gasteiger partial charge in [-0.3, -0.25) is 4.79 Å². The van der Waals surface area contributed by atoms with Crippen LogP contribution in [0.4, 0.5) is 5.82 Å². The topological polar surface area (TPSA) is 88.2 Å². The molecule has 0 bridgehead atoms. The lowest BCUT2D eigenvalue weighted by molar-refractivity contribution is 0.0714. The fraction of sp³-hybridized carbons (Fsp3) is 0.500. The van der Waals surface area contributed by atoms with Crippen molar-refractivity contribution in [1.29, 1.82) is 0 Å². The third-order valence-corrected chi connectivity index (χ3v) is 3.43. The van der Waals surface area contributed by atoms with Crippen LogP contribution in [-0.2, 0) is 0 Å². The zero-order valence-corrected chi connectivity index (χ0v) is 10.7. The van der Waals surface area contributed by atoms with Crippen molar-refractivity contribution in [3.8, 4) is 0 Å². The summed E-state index contributed by atoms with van der Waals surface area (Å²) in [6.45, 7) is 0. The number of hydrogen-bond donors (Lipinski definition) is 3. The lowest BCUT2D eigenvalue weighted by Gasteiger charge is -2.28. The molecule has 98 valence electrons. The van der Waals surface area contributed by atoms with E-state index in [1.807, 2.05) is 0 Å². The average molecular weight is 270 g/mol. The van der Waals surface area contributed by atoms with Crippen LogP contribution in [0.3, 0.4) is 0 Å². The lowest BCUT2D eigenvalue weighted by atomic mass is 9.92. The largest absolute Gasteiger partial charge is 0.391 e. The zero-order chi connectivity index (χ0) is 13.1. The molecule has 1 aliphatic carbocycles. The highest BCUT2D eigenvalue weighted by atomic mass is 35.5. The molecule has 1 amide bonds. The van der Waals surface area contributed by atoms with Crippen LogP contribution >= 0.6 is 11.6 Å². The molecule has 1 aliphatic rings. The Kier molecular flexibility index (Phi) is 4.04. The first-order chi connectivity index (χ1) is 8.58. The highest BCUT2D eigenvalue weighted by Crippen LogP contribution is 2.20. The summed E-state index contributed by atoms with van der Waals surface area (Å²) in [5.41, 5.74) is 5.63. The van der Waals surface area contributed by atoms with Gasteiger partial charge < -0.3 is 16.2 Å². The number of aromatic nitrogens is 1. The van der Waals surface area contributed by atoms with Gasteiger partial charge in [-0.15, -0.1) is 0 Å². The molecular weight excluding hydrogens is 254 g/mol. The van der Waals surface area contributed by atoms with Gasteiger partial charge in [0.15, 0.2) is 0 Å². The van der Waals surface area contributed by atoms with Gasteiger partial charge in [-0.05, 0) is 25.0 Å². The van der Waals surface area contributed by atoms with E-state index in [4.69, 9.17) is 17.3 Å². The van der Waals surface area contributed by atoms with Gasteiger partial charge >= 0.3 is 0 Å². The number of carbonyl (C=O) groups excluding carboxylic acids is 1. The number of aliphatic hydroxyl groups is 1. The number of rotatable bonds is 2. The van der Waals surface area contributed by atoms with Crippen molar-refractivity contribution in [2.75, 3.05) is 5.73 Å². The van der Waals surface area contributed by atoms with Crippen molar-refractivity contribution in [3.63, 3.8) is 0 Å². The maximum Gasteiger partial charge on any atom is 0.271 e. The van der Waals surface area contributed by atoms with E-state index < -0.39 is 12.0 Å². The molecule has 1 saturated carbocycles. The van der Waals surface area contributed by atoms with E-state index in [-0.39, 0.29) is 22.6 Å². The van der Waals surface area contributed by atoms with Gasteiger partial charge in [0, 0.05) is 0 Å². The van der Waals surface area contributed by atoms with Crippen LogP contribution in [0.2, 0.25) is 5.02 Å². The standard InChI is InChI=1S/C12H16ClN3O2/c13-7-5-6-10(14)16-11(7)12(18)15-8-3-1-2-4-9(8)17/h5-6,8-9,17H,1-4H2,(H2,14,16)(H,15,18). The summed E-state index contributed by atoms with van der Waals surface area (Å²) in [5.74, 6) is -0.146. The Hall–Kier alpha value is -1.33. The van der Waals surface area contributed by atoms with Crippen LogP contribution in [0.1, 0.15) is 36.2 Å². The molecule has 2 rings (SSSR count). The first-order valence-electron chi connectivity index (χ1n) is 5.99. The van der Waals surface area contributed by atoms with E-state index in [2.05, 4.69) is 10.3 Å². The van der Waals surface area contributed by atoms with E-state index in [0.29, 0.717) is 6.42 Å². The minimum atomic E-state index is -0.498. The van der Waals surface area contributed by atoms with E-state index >= 15 is 0 Å². The summed E-state index contributed by atoms with van der Waals surface area (Å²) in [5, 5.41) is 12.8. The smallest absolute Gasteiger partial charge is 0.271 e. The first-order valence-corrected chi connectivity index (χ1v) is 6.36. The van der Waals surface area contributed by atoms with E-state index in [0.717, 1.165) is 19.3 Å². The molecule has 0 saturated heterocycles. The van der Waals surface area contributed by atoms with Gasteiger partial charge in [-0.1, -0.05) is 24.4 Å². The third-order valence-electron chi connectivity index (χ3n) is 3.13. The number of halogens is 1. The van der Waals surface area contributed by atoms with Crippen molar-refractivity contribution in [2.45, 2.75) is 37.8 Å². The Morgan fingerprint density at radius 2 is 2.17 bits per heavy atom. The summed E-state index contributed by atoms with van der Waals surface area (Å²) >= 11 is 5.90. The van der Waals surface area contributed by atoms with Crippen LogP contribution in [0.15, 0.2) is 12.1 Å². The second-order valence-electron chi connectivity index (χ2n) is 4.50. The molecule has 0 spiro atoms. The zero-order valence-electron chi connectivity index (χ0n) is 9.90. The molecule has 2 unspecified atom stereocenters. The second kappa shape index (κ2) is 5.54. The average Bonchev–Trinajstić information content (AvgIpc) is 2.35. The molecule has 0 aromatic carbocycles. The maximum absolute atomic E-state index is 12.0. The number of aliphatic hydroxyl groups excluding tert-OH is 1. The molecule has 18 heavy (non-hydrogen) atoms. The normalized spacial score (nSPS) is 23.7. The van der Waals surface area contributed by atoms with Crippen LogP contribution < -0.4 is 11.1 Å². The molecule has 1 aromatic rings. The highest BCUT2D eigenvalue weighted by molar-refractivity contribution is 6.33. The number of nitrogens with zero attached hydrogens (tertiary/aromatic N) is 1. The Balaban J connectivity index is 2.09. The minimum absolute atomic E-state index is 0.106. The van der Waals surface area contributed by atoms with Crippen LogP contribution in [0.5, 0.6) is 0 Å². The Labute approximate surface area is 110 Å². The molecule has 0 aliphatic heterocycles. The van der Waals surface area contributed by atoms with Crippen molar-refractivity contribution < 1.29 is 9.90 Å². The van der Waals surface area contributed by atoms with Crippen molar-refractivity contribution >= 4 is 23.3 Å². The van der Waals surface area contributed by atoms with E-state index in [1.165, 1.54) is 12.1 Å². The number of nitrogen functional groups attached to an aromatic ring is 1. The van der Waals surface area contributed by atoms with E-state index in [9.17, 15) is 9.90 Å². The second-order valence-corrected chi connectivity index (χ2v) is 4.91. The van der Waals surface area contributed by atoms with Crippen LogP contribution in [0.25, 0.3) is 0 Å². The Morgan fingerprint density at radius 3 is 2.89 bits per heavy atom. The summed E-state index contributed by atoms with van der Waals surface area (Å²) in [4.78, 5) is 15.9. The molecule has 1 heterocycles. The predicted molar refractivity (Wildman–Crippen MR) is 69.4 cm³/mol.